The van der Waals surface area contributed by atoms with E-state index in [4.69, 9.17) is 4.74 Å². The van der Waals surface area contributed by atoms with Crippen molar-refractivity contribution >= 4 is 16.0 Å². The quantitative estimate of drug-likeness (QED) is 0.828. The van der Waals surface area contributed by atoms with Gasteiger partial charge in [0.25, 0.3) is 0 Å². The van der Waals surface area contributed by atoms with Gasteiger partial charge in [-0.25, -0.2) is 13.5 Å². The Hall–Kier alpha value is -2.09. The second-order valence-corrected chi connectivity index (χ2v) is 5.47. The molecule has 0 saturated carbocycles. The first-order valence-electron chi connectivity index (χ1n) is 5.68. The van der Waals surface area contributed by atoms with E-state index in [2.05, 4.69) is 19.9 Å². The highest BCUT2D eigenvalue weighted by Gasteiger charge is 2.14. The van der Waals surface area contributed by atoms with Gasteiger partial charge >= 0.3 is 6.01 Å². The van der Waals surface area contributed by atoms with Crippen molar-refractivity contribution in [2.75, 3.05) is 11.3 Å². The third kappa shape index (κ3) is 3.95. The molecular weight excluding hydrogens is 268 g/mol. The van der Waals surface area contributed by atoms with E-state index >= 15 is 0 Å². The van der Waals surface area contributed by atoms with Crippen molar-refractivity contribution in [3.63, 3.8) is 0 Å². The Morgan fingerprint density at radius 2 is 2.05 bits per heavy atom. The molecule has 0 radical (unpaired) electrons. The highest BCUT2D eigenvalue weighted by molar-refractivity contribution is 7.91. The Balaban J connectivity index is 2.04. The number of sulfonamides is 1. The zero-order valence-corrected chi connectivity index (χ0v) is 11.1. The molecule has 2 aromatic rings. The van der Waals surface area contributed by atoms with Gasteiger partial charge in [0.05, 0.1) is 12.4 Å². The molecule has 19 heavy (non-hydrogen) atoms. The Bertz CT molecular complexity index is 624. The summed E-state index contributed by atoms with van der Waals surface area (Å²) in [5.41, 5.74) is 0.694. The molecule has 102 valence electrons. The first kappa shape index (κ1) is 13.3. The van der Waals surface area contributed by atoms with Crippen LogP contribution in [0.25, 0.3) is 0 Å². The molecule has 0 amide bonds. The minimum atomic E-state index is -3.53. The topological polar surface area (TPSA) is 97.0 Å². The molecule has 0 saturated heterocycles. The maximum Gasteiger partial charge on any atom is 0.337 e. The monoisotopic (exact) mass is 282 g/mol. The van der Waals surface area contributed by atoms with Crippen LogP contribution >= 0.6 is 0 Å². The van der Waals surface area contributed by atoms with E-state index in [-0.39, 0.29) is 17.7 Å². The minimum absolute atomic E-state index is 0.0411. The van der Waals surface area contributed by atoms with E-state index in [0.717, 1.165) is 0 Å². The number of anilines is 1. The lowest BCUT2D eigenvalue weighted by molar-refractivity contribution is 0.314. The van der Waals surface area contributed by atoms with Crippen LogP contribution in [0.1, 0.15) is 12.5 Å². The molecule has 0 bridgehead atoms. The van der Waals surface area contributed by atoms with Gasteiger partial charge in [-0.3, -0.25) is 4.72 Å². The molecule has 2 rings (SSSR count). The van der Waals surface area contributed by atoms with Gasteiger partial charge in [0.1, 0.15) is 0 Å². The molecule has 0 aliphatic heterocycles. The van der Waals surface area contributed by atoms with Gasteiger partial charge in [-0.05, 0) is 12.5 Å². The number of rotatable bonds is 6. The fourth-order valence-electron chi connectivity index (χ4n) is 1.46. The molecule has 0 aliphatic rings. The maximum absolute atomic E-state index is 11.9. The Labute approximate surface area is 111 Å². The van der Waals surface area contributed by atoms with Crippen LogP contribution in [-0.2, 0) is 15.8 Å². The molecule has 0 atom stereocenters. The first-order chi connectivity index (χ1) is 9.09. The van der Waals surface area contributed by atoms with Crippen LogP contribution in [0.15, 0.2) is 30.3 Å². The molecule has 1 aromatic heterocycles. The summed E-state index contributed by atoms with van der Waals surface area (Å²) in [5.74, 6) is -0.0854. The lowest BCUT2D eigenvalue weighted by Gasteiger charge is -2.04. The first-order valence-corrected chi connectivity index (χ1v) is 7.34. The number of aromatic nitrogens is 3. The Morgan fingerprint density at radius 1 is 1.32 bits per heavy atom. The third-order valence-electron chi connectivity index (χ3n) is 2.19. The van der Waals surface area contributed by atoms with Gasteiger partial charge in [0.15, 0.2) is 0 Å². The summed E-state index contributed by atoms with van der Waals surface area (Å²) in [4.78, 5) is 3.85. The molecule has 1 heterocycles. The molecule has 0 unspecified atom stereocenters. The number of hydrogen-bond acceptors (Lipinski definition) is 5. The van der Waals surface area contributed by atoms with Crippen LogP contribution < -0.4 is 9.46 Å². The highest BCUT2D eigenvalue weighted by Crippen LogP contribution is 2.11. The second-order valence-electron chi connectivity index (χ2n) is 3.75. The van der Waals surface area contributed by atoms with Crippen molar-refractivity contribution in [2.24, 2.45) is 0 Å². The summed E-state index contributed by atoms with van der Waals surface area (Å²) in [6, 6.07) is 8.99. The van der Waals surface area contributed by atoms with Crippen molar-refractivity contribution in [3.05, 3.63) is 35.9 Å². The molecule has 2 N–H and O–H groups in total. The Kier molecular flexibility index (Phi) is 4.00. The summed E-state index contributed by atoms with van der Waals surface area (Å²) in [6.07, 6.45) is 0. The number of hydrogen-bond donors (Lipinski definition) is 2. The third-order valence-corrected chi connectivity index (χ3v) is 3.41. The van der Waals surface area contributed by atoms with Crippen LogP contribution in [0.2, 0.25) is 0 Å². The Morgan fingerprint density at radius 3 is 2.74 bits per heavy atom. The maximum atomic E-state index is 11.9. The molecule has 7 nitrogen and oxygen atoms in total. The second kappa shape index (κ2) is 5.70. The molecule has 8 heteroatoms. The summed E-state index contributed by atoms with van der Waals surface area (Å²) in [6.45, 7) is 2.20. The summed E-state index contributed by atoms with van der Waals surface area (Å²) < 4.78 is 31.1. The normalized spacial score (nSPS) is 11.2. The van der Waals surface area contributed by atoms with E-state index in [0.29, 0.717) is 12.2 Å². The number of aromatic amines is 1. The van der Waals surface area contributed by atoms with Gasteiger partial charge in [-0.1, -0.05) is 30.3 Å². The van der Waals surface area contributed by atoms with E-state index in [1.54, 1.807) is 31.2 Å². The lowest BCUT2D eigenvalue weighted by atomic mass is 10.2. The van der Waals surface area contributed by atoms with E-state index in [1.165, 1.54) is 0 Å². The fourth-order valence-corrected chi connectivity index (χ4v) is 2.55. The predicted octanol–water partition coefficient (Wildman–Crippen LogP) is 1.15. The van der Waals surface area contributed by atoms with Crippen molar-refractivity contribution in [1.29, 1.82) is 0 Å². The van der Waals surface area contributed by atoms with Crippen LogP contribution in [0.3, 0.4) is 0 Å². The standard InChI is InChI=1S/C11H14N4O3S/c1-2-18-11-12-10(13-14-11)15-19(16,17)8-9-6-4-3-5-7-9/h3-7H,2,8H2,1H3,(H2,12,13,14,15). The van der Waals surface area contributed by atoms with Crippen LogP contribution in [0.4, 0.5) is 5.95 Å². The average Bonchev–Trinajstić information content (AvgIpc) is 2.77. The number of nitrogens with one attached hydrogen (secondary N) is 2. The van der Waals surface area contributed by atoms with Crippen molar-refractivity contribution in [3.8, 4) is 6.01 Å². The zero-order valence-electron chi connectivity index (χ0n) is 10.3. The van der Waals surface area contributed by atoms with Crippen LogP contribution in [-0.4, -0.2) is 30.2 Å². The van der Waals surface area contributed by atoms with Gasteiger partial charge in [-0.15, -0.1) is 5.10 Å². The molecular formula is C11H14N4O3S. The van der Waals surface area contributed by atoms with Gasteiger partial charge < -0.3 is 4.74 Å². The SMILES string of the molecule is CCOc1n[nH]c(NS(=O)(=O)Cc2ccccc2)n1. The summed E-state index contributed by atoms with van der Waals surface area (Å²) in [7, 11) is -3.53. The molecule has 0 spiro atoms. The van der Waals surface area contributed by atoms with Gasteiger partial charge in [0.2, 0.25) is 16.0 Å². The van der Waals surface area contributed by atoms with Gasteiger partial charge in [0, 0.05) is 0 Å². The summed E-state index contributed by atoms with van der Waals surface area (Å²) >= 11 is 0. The molecule has 0 fully saturated rings. The van der Waals surface area contributed by atoms with Gasteiger partial charge in [-0.2, -0.15) is 4.98 Å². The van der Waals surface area contributed by atoms with E-state index in [9.17, 15) is 8.42 Å². The zero-order chi connectivity index (χ0) is 13.7. The highest BCUT2D eigenvalue weighted by atomic mass is 32.2. The summed E-state index contributed by atoms with van der Waals surface area (Å²) in [5, 5.41) is 6.17. The lowest BCUT2D eigenvalue weighted by Crippen LogP contribution is -2.16. The van der Waals surface area contributed by atoms with E-state index < -0.39 is 10.0 Å². The largest absolute Gasteiger partial charge is 0.463 e. The van der Waals surface area contributed by atoms with Crippen LogP contribution in [0.5, 0.6) is 6.01 Å². The smallest absolute Gasteiger partial charge is 0.337 e. The predicted molar refractivity (Wildman–Crippen MR) is 70.2 cm³/mol. The number of H-pyrrole nitrogens is 1. The van der Waals surface area contributed by atoms with Crippen LogP contribution in [0, 0.1) is 0 Å². The fraction of sp³-hybridized carbons (Fsp3) is 0.273. The minimum Gasteiger partial charge on any atom is -0.463 e. The molecule has 1 aromatic carbocycles. The van der Waals surface area contributed by atoms with Crippen molar-refractivity contribution < 1.29 is 13.2 Å². The van der Waals surface area contributed by atoms with Crippen molar-refractivity contribution in [1.82, 2.24) is 15.2 Å². The molecule has 0 aliphatic carbocycles. The number of ether oxygens (including phenoxy) is 1. The number of nitrogens with zero attached hydrogens (tertiary/aromatic N) is 2. The average molecular weight is 282 g/mol. The number of benzene rings is 1. The van der Waals surface area contributed by atoms with Crippen molar-refractivity contribution in [2.45, 2.75) is 12.7 Å². The van der Waals surface area contributed by atoms with E-state index in [1.807, 2.05) is 6.07 Å².